The minimum absolute atomic E-state index is 0.197. The van der Waals surface area contributed by atoms with E-state index in [2.05, 4.69) is 10.3 Å². The van der Waals surface area contributed by atoms with Crippen molar-refractivity contribution >= 4 is 40.6 Å². The molecule has 0 fully saturated rings. The summed E-state index contributed by atoms with van der Waals surface area (Å²) in [5.41, 5.74) is 2.32. The smallest absolute Gasteiger partial charge is 0.257 e. The number of amides is 2. The van der Waals surface area contributed by atoms with Gasteiger partial charge in [0.15, 0.2) is 5.82 Å². The van der Waals surface area contributed by atoms with Crippen molar-refractivity contribution in [2.75, 3.05) is 16.1 Å². The minimum atomic E-state index is -0.335. The first-order valence-electron chi connectivity index (χ1n) is 6.38. The van der Waals surface area contributed by atoms with Gasteiger partial charge >= 0.3 is 0 Å². The number of carbonyl (C=O) groups excluding carboxylic acids is 2. The lowest BCUT2D eigenvalue weighted by Gasteiger charge is -2.21. The molecule has 0 spiro atoms. The van der Waals surface area contributed by atoms with Gasteiger partial charge in [-0.3, -0.25) is 14.5 Å². The van der Waals surface area contributed by atoms with Gasteiger partial charge in [-0.25, -0.2) is 4.98 Å². The van der Waals surface area contributed by atoms with Gasteiger partial charge in [-0.05, 0) is 31.2 Å². The number of aromatic nitrogens is 1. The first-order chi connectivity index (χ1) is 10.1. The maximum absolute atomic E-state index is 12.4. The summed E-state index contributed by atoms with van der Waals surface area (Å²) >= 11 is 5.71. The molecular weight excluding hydrogens is 290 g/mol. The zero-order valence-corrected chi connectivity index (χ0v) is 12.0. The van der Waals surface area contributed by atoms with Crippen molar-refractivity contribution in [1.29, 1.82) is 0 Å². The van der Waals surface area contributed by atoms with E-state index < -0.39 is 0 Å². The molecule has 2 aromatic rings. The van der Waals surface area contributed by atoms with Gasteiger partial charge in [0.05, 0.1) is 16.9 Å². The van der Waals surface area contributed by atoms with Crippen molar-refractivity contribution in [1.82, 2.24) is 4.98 Å². The van der Waals surface area contributed by atoms with Crippen molar-refractivity contribution in [2.24, 2.45) is 0 Å². The molecule has 0 unspecified atom stereocenters. The highest BCUT2D eigenvalue weighted by molar-refractivity contribution is 6.31. The summed E-state index contributed by atoms with van der Waals surface area (Å²) in [6, 6.07) is 8.72. The van der Waals surface area contributed by atoms with Crippen LogP contribution in [-0.2, 0) is 4.79 Å². The molecule has 0 saturated carbocycles. The number of carbonyl (C=O) groups is 2. The molecule has 21 heavy (non-hydrogen) atoms. The third-order valence-corrected chi connectivity index (χ3v) is 3.48. The molecule has 5 nitrogen and oxygen atoms in total. The van der Waals surface area contributed by atoms with Gasteiger partial charge in [-0.2, -0.15) is 0 Å². The lowest BCUT2D eigenvalue weighted by atomic mass is 10.1. The van der Waals surface area contributed by atoms with Gasteiger partial charge in [0.2, 0.25) is 5.91 Å². The van der Waals surface area contributed by atoms with Crippen LogP contribution in [0.3, 0.4) is 0 Å². The summed E-state index contributed by atoms with van der Waals surface area (Å²) in [6.07, 6.45) is 1.57. The van der Waals surface area contributed by atoms with Crippen LogP contribution in [-0.4, -0.2) is 22.7 Å². The number of alkyl halides is 1. The topological polar surface area (TPSA) is 62.3 Å². The lowest BCUT2D eigenvalue weighted by molar-refractivity contribution is -0.115. The van der Waals surface area contributed by atoms with Crippen molar-refractivity contribution in [3.05, 3.63) is 47.7 Å². The van der Waals surface area contributed by atoms with Crippen LogP contribution >= 0.6 is 11.6 Å². The zero-order chi connectivity index (χ0) is 15.0. The Morgan fingerprint density at radius 3 is 2.95 bits per heavy atom. The monoisotopic (exact) mass is 301 g/mol. The molecule has 3 rings (SSSR count). The molecule has 1 aliphatic rings. The molecule has 0 atom stereocenters. The van der Waals surface area contributed by atoms with E-state index in [9.17, 15) is 9.59 Å². The summed E-state index contributed by atoms with van der Waals surface area (Å²) in [5, 5.41) is 2.78. The molecule has 1 aromatic heterocycles. The Morgan fingerprint density at radius 1 is 1.38 bits per heavy atom. The van der Waals surface area contributed by atoms with E-state index in [1.165, 1.54) is 4.90 Å². The van der Waals surface area contributed by atoms with Crippen molar-refractivity contribution in [3.63, 3.8) is 0 Å². The Bertz CT molecular complexity index is 745. The second-order valence-corrected chi connectivity index (χ2v) is 4.98. The maximum atomic E-state index is 12.4. The summed E-state index contributed by atoms with van der Waals surface area (Å²) in [5.74, 6) is -0.428. The number of nitrogens with zero attached hydrogens (tertiary/aromatic N) is 2. The molecule has 2 heterocycles. The van der Waals surface area contributed by atoms with E-state index in [0.717, 1.165) is 5.56 Å². The predicted molar refractivity (Wildman–Crippen MR) is 81.2 cm³/mol. The average molecular weight is 302 g/mol. The Balaban J connectivity index is 2.30. The second kappa shape index (κ2) is 5.18. The van der Waals surface area contributed by atoms with Crippen LogP contribution in [0.15, 0.2) is 36.5 Å². The highest BCUT2D eigenvalue weighted by atomic mass is 35.5. The molecule has 0 saturated heterocycles. The van der Waals surface area contributed by atoms with Crippen molar-refractivity contribution in [2.45, 2.75) is 6.92 Å². The number of aryl methyl sites for hydroxylation is 1. The fraction of sp³-hybridized carbons (Fsp3) is 0.133. The van der Waals surface area contributed by atoms with Gasteiger partial charge in [-0.1, -0.05) is 11.6 Å². The SMILES string of the molecule is Cc1ccc2c(c1)C(=O)Nc1cccnc1N2C(=O)CCl. The standard InChI is InChI=1S/C15H12ClN3O2/c1-9-4-5-12-10(7-9)15(21)18-11-3-2-6-17-14(11)19(12)13(20)8-16/h2-7H,8H2,1H3,(H,18,21). The van der Waals surface area contributed by atoms with Gasteiger partial charge in [0.25, 0.3) is 5.91 Å². The van der Waals surface area contributed by atoms with Crippen LogP contribution in [0.5, 0.6) is 0 Å². The lowest BCUT2D eigenvalue weighted by Crippen LogP contribution is -2.28. The molecule has 0 bridgehead atoms. The third kappa shape index (κ3) is 2.25. The number of anilines is 3. The van der Waals surface area contributed by atoms with Crippen LogP contribution in [0.4, 0.5) is 17.2 Å². The fourth-order valence-corrected chi connectivity index (χ4v) is 2.43. The van der Waals surface area contributed by atoms with E-state index in [1.807, 2.05) is 13.0 Å². The van der Waals surface area contributed by atoms with Crippen LogP contribution in [0, 0.1) is 6.92 Å². The number of halogens is 1. The van der Waals surface area contributed by atoms with Crippen molar-refractivity contribution < 1.29 is 9.59 Å². The average Bonchev–Trinajstić information content (AvgIpc) is 2.61. The zero-order valence-electron chi connectivity index (χ0n) is 11.3. The van der Waals surface area contributed by atoms with Crippen LogP contribution in [0.2, 0.25) is 0 Å². The molecular formula is C15H12ClN3O2. The normalized spacial score (nSPS) is 13.0. The quantitative estimate of drug-likeness (QED) is 0.824. The van der Waals surface area contributed by atoms with E-state index in [-0.39, 0.29) is 17.7 Å². The fourth-order valence-electron chi connectivity index (χ4n) is 2.32. The van der Waals surface area contributed by atoms with Crippen molar-refractivity contribution in [3.8, 4) is 0 Å². The van der Waals surface area contributed by atoms with Gasteiger partial charge < -0.3 is 5.32 Å². The number of nitrogens with one attached hydrogen (secondary N) is 1. The minimum Gasteiger partial charge on any atom is -0.319 e. The van der Waals surface area contributed by atoms with Crippen LogP contribution in [0.25, 0.3) is 0 Å². The Hall–Kier alpha value is -2.40. The Kier molecular flexibility index (Phi) is 3.35. The molecule has 0 aliphatic carbocycles. The molecule has 1 aromatic carbocycles. The first-order valence-corrected chi connectivity index (χ1v) is 6.91. The number of pyridine rings is 1. The van der Waals surface area contributed by atoms with E-state index in [0.29, 0.717) is 22.8 Å². The summed E-state index contributed by atoms with van der Waals surface area (Å²) in [4.78, 5) is 30.2. The Labute approximate surface area is 126 Å². The maximum Gasteiger partial charge on any atom is 0.257 e. The number of hydrogen-bond donors (Lipinski definition) is 1. The van der Waals surface area contributed by atoms with E-state index in [1.54, 1.807) is 30.5 Å². The Morgan fingerprint density at radius 2 is 2.19 bits per heavy atom. The number of rotatable bonds is 1. The highest BCUT2D eigenvalue weighted by Gasteiger charge is 2.29. The van der Waals surface area contributed by atoms with Gasteiger partial charge in [0, 0.05) is 6.20 Å². The molecule has 1 aliphatic heterocycles. The van der Waals surface area contributed by atoms with E-state index >= 15 is 0 Å². The third-order valence-electron chi connectivity index (χ3n) is 3.25. The largest absolute Gasteiger partial charge is 0.319 e. The summed E-state index contributed by atoms with van der Waals surface area (Å²) in [7, 11) is 0. The van der Waals surface area contributed by atoms with Gasteiger partial charge in [-0.15, -0.1) is 11.6 Å². The molecule has 106 valence electrons. The number of hydrogen-bond acceptors (Lipinski definition) is 3. The first kappa shape index (κ1) is 13.6. The van der Waals surface area contributed by atoms with Crippen LogP contribution < -0.4 is 10.2 Å². The van der Waals surface area contributed by atoms with Gasteiger partial charge in [0.1, 0.15) is 5.88 Å². The summed E-state index contributed by atoms with van der Waals surface area (Å²) in [6.45, 7) is 1.89. The molecule has 0 radical (unpaired) electrons. The highest BCUT2D eigenvalue weighted by Crippen LogP contribution is 2.36. The number of benzene rings is 1. The van der Waals surface area contributed by atoms with Crippen LogP contribution in [0.1, 0.15) is 15.9 Å². The molecule has 6 heteroatoms. The molecule has 1 N–H and O–H groups in total. The van der Waals surface area contributed by atoms with E-state index in [4.69, 9.17) is 11.6 Å². The molecule has 2 amide bonds. The second-order valence-electron chi connectivity index (χ2n) is 4.71. The predicted octanol–water partition coefficient (Wildman–Crippen LogP) is 2.86. The summed E-state index contributed by atoms with van der Waals surface area (Å²) < 4.78 is 0. The number of fused-ring (bicyclic) bond motifs is 2.